The zero-order valence-corrected chi connectivity index (χ0v) is 25.8. The highest BCUT2D eigenvalue weighted by atomic mass is 16.8. The average molecular weight is 632 g/mol. The van der Waals surface area contributed by atoms with Crippen molar-refractivity contribution in [3.05, 3.63) is 90.0 Å². The minimum Gasteiger partial charge on any atom is -0.491 e. The molecule has 0 saturated carbocycles. The largest absolute Gasteiger partial charge is 0.511 e. The third kappa shape index (κ3) is 10.4. The number of benzene rings is 3. The Hall–Kier alpha value is -5.39. The molecule has 0 radical (unpaired) electrons. The number of hydrogen-bond donors (Lipinski definition) is 3. The van der Waals surface area contributed by atoms with Gasteiger partial charge >= 0.3 is 18.2 Å². The first-order chi connectivity index (χ1) is 22.0. The first kappa shape index (κ1) is 33.5. The predicted molar refractivity (Wildman–Crippen MR) is 167 cm³/mol. The fourth-order valence-corrected chi connectivity index (χ4v) is 4.63. The normalized spacial score (nSPS) is 16.1. The van der Waals surface area contributed by atoms with Crippen LogP contribution in [-0.4, -0.2) is 55.0 Å². The molecule has 12 heteroatoms. The molecule has 0 bridgehead atoms. The Labute approximate surface area is 266 Å². The van der Waals surface area contributed by atoms with E-state index in [0.717, 1.165) is 16.7 Å². The van der Waals surface area contributed by atoms with Gasteiger partial charge in [-0.15, -0.1) is 0 Å². The molecular formula is C34H37N3O9. The van der Waals surface area contributed by atoms with E-state index in [2.05, 4.69) is 10.6 Å². The molecule has 4 rings (SSSR count). The summed E-state index contributed by atoms with van der Waals surface area (Å²) in [6.07, 6.45) is -2.93. The molecule has 0 spiro atoms. The number of nitrogens with one attached hydrogen (secondary N) is 3. The van der Waals surface area contributed by atoms with E-state index in [4.69, 9.17) is 29.1 Å². The van der Waals surface area contributed by atoms with Crippen molar-refractivity contribution in [1.82, 2.24) is 10.6 Å². The van der Waals surface area contributed by atoms with E-state index in [0.29, 0.717) is 17.7 Å². The standard InChI is InChI=1S/C34H37N3O9/c1-21(2)44-34(41)46-22(3)45-30(38)18-27-17-28(36-32(27)39)20-42-29-15-13-25(14-16-29)24-9-11-26(12-10-24)31(35)37-33(40)43-19-23-7-5-4-6-8-23/h4-16,21-22,27-28H,17-20H2,1-3H3,(H,36,39)(H2,35,37,40)/t22?,27-,28-/m0/s1. The van der Waals surface area contributed by atoms with Gasteiger partial charge in [0.15, 0.2) is 0 Å². The highest BCUT2D eigenvalue weighted by molar-refractivity contribution is 6.04. The van der Waals surface area contributed by atoms with E-state index in [1.807, 2.05) is 66.7 Å². The van der Waals surface area contributed by atoms with E-state index in [-0.39, 0.29) is 43.5 Å². The summed E-state index contributed by atoms with van der Waals surface area (Å²) < 4.78 is 25.8. The number of alkyl carbamates (subject to hydrolysis) is 1. The molecule has 0 aromatic heterocycles. The average Bonchev–Trinajstić information content (AvgIpc) is 3.37. The van der Waals surface area contributed by atoms with Gasteiger partial charge in [0, 0.05) is 12.5 Å². The number of esters is 1. The van der Waals surface area contributed by atoms with Crippen LogP contribution in [0.4, 0.5) is 9.59 Å². The van der Waals surface area contributed by atoms with Crippen LogP contribution in [0, 0.1) is 11.3 Å². The lowest BCUT2D eigenvalue weighted by Gasteiger charge is -2.16. The summed E-state index contributed by atoms with van der Waals surface area (Å²) in [5.74, 6) is -0.984. The molecule has 12 nitrogen and oxygen atoms in total. The summed E-state index contributed by atoms with van der Waals surface area (Å²) in [5.41, 5.74) is 3.21. The summed E-state index contributed by atoms with van der Waals surface area (Å²) in [4.78, 5) is 48.3. The molecule has 3 atom stereocenters. The van der Waals surface area contributed by atoms with Gasteiger partial charge in [-0.1, -0.05) is 66.7 Å². The van der Waals surface area contributed by atoms with Gasteiger partial charge in [0.1, 0.15) is 24.8 Å². The first-order valence-corrected chi connectivity index (χ1v) is 14.8. The molecular weight excluding hydrogens is 594 g/mol. The van der Waals surface area contributed by atoms with E-state index in [9.17, 15) is 19.2 Å². The van der Waals surface area contributed by atoms with Gasteiger partial charge in [-0.25, -0.2) is 9.59 Å². The van der Waals surface area contributed by atoms with E-state index >= 15 is 0 Å². The highest BCUT2D eigenvalue weighted by Crippen LogP contribution is 2.25. The van der Waals surface area contributed by atoms with Crippen LogP contribution in [0.2, 0.25) is 0 Å². The molecule has 3 aromatic rings. The minimum absolute atomic E-state index is 0.0706. The Kier molecular flexibility index (Phi) is 11.7. The third-order valence-corrected chi connectivity index (χ3v) is 6.84. The second-order valence-electron chi connectivity index (χ2n) is 10.9. The molecule has 0 aliphatic carbocycles. The zero-order chi connectivity index (χ0) is 33.1. The number of carbonyl (C=O) groups is 4. The molecule has 1 heterocycles. The second kappa shape index (κ2) is 16.1. The minimum atomic E-state index is -1.14. The molecule has 46 heavy (non-hydrogen) atoms. The van der Waals surface area contributed by atoms with Crippen molar-refractivity contribution in [3.8, 4) is 16.9 Å². The number of rotatable bonds is 12. The van der Waals surface area contributed by atoms with Gasteiger partial charge in [-0.05, 0) is 49.1 Å². The number of amidine groups is 1. The van der Waals surface area contributed by atoms with Gasteiger partial charge in [0.2, 0.25) is 12.2 Å². The van der Waals surface area contributed by atoms with Crippen molar-refractivity contribution >= 4 is 30.0 Å². The van der Waals surface area contributed by atoms with Crippen LogP contribution < -0.4 is 15.4 Å². The lowest BCUT2D eigenvalue weighted by molar-refractivity contribution is -0.170. The maximum Gasteiger partial charge on any atom is 0.511 e. The summed E-state index contributed by atoms with van der Waals surface area (Å²) in [6, 6.07) is 23.6. The smallest absolute Gasteiger partial charge is 0.491 e. The zero-order valence-electron chi connectivity index (χ0n) is 25.8. The number of ether oxygens (including phenoxy) is 5. The molecule has 1 unspecified atom stereocenters. The Morgan fingerprint density at radius 3 is 2.20 bits per heavy atom. The van der Waals surface area contributed by atoms with Crippen molar-refractivity contribution in [2.75, 3.05) is 6.61 Å². The summed E-state index contributed by atoms with van der Waals surface area (Å²) in [7, 11) is 0. The summed E-state index contributed by atoms with van der Waals surface area (Å²) >= 11 is 0. The lowest BCUT2D eigenvalue weighted by atomic mass is 10.0. The number of hydrogen-bond acceptors (Lipinski definition) is 10. The van der Waals surface area contributed by atoms with Crippen LogP contribution in [0.1, 0.15) is 44.7 Å². The van der Waals surface area contributed by atoms with Gasteiger partial charge in [0.05, 0.1) is 24.5 Å². The lowest BCUT2D eigenvalue weighted by Crippen LogP contribution is -2.31. The summed E-state index contributed by atoms with van der Waals surface area (Å²) in [5, 5.41) is 13.5. The predicted octanol–water partition coefficient (Wildman–Crippen LogP) is 5.33. The van der Waals surface area contributed by atoms with E-state index in [1.54, 1.807) is 26.0 Å². The third-order valence-electron chi connectivity index (χ3n) is 6.84. The number of amides is 2. The Bertz CT molecular complexity index is 1510. The molecule has 1 aliphatic rings. The van der Waals surface area contributed by atoms with Crippen molar-refractivity contribution in [3.63, 3.8) is 0 Å². The molecule has 2 amide bonds. The fourth-order valence-electron chi connectivity index (χ4n) is 4.63. The molecule has 1 aliphatic heterocycles. The van der Waals surface area contributed by atoms with Gasteiger partial charge in [-0.3, -0.25) is 20.3 Å². The van der Waals surface area contributed by atoms with Crippen LogP contribution in [0.25, 0.3) is 11.1 Å². The van der Waals surface area contributed by atoms with E-state index < -0.39 is 30.4 Å². The van der Waals surface area contributed by atoms with Crippen molar-refractivity contribution in [1.29, 1.82) is 5.41 Å². The van der Waals surface area contributed by atoms with Crippen LogP contribution in [0.5, 0.6) is 5.75 Å². The quantitative estimate of drug-likeness (QED) is 0.0789. The maximum absolute atomic E-state index is 12.4. The van der Waals surface area contributed by atoms with Crippen LogP contribution in [0.3, 0.4) is 0 Å². The summed E-state index contributed by atoms with van der Waals surface area (Å²) in [6.45, 7) is 5.05. The van der Waals surface area contributed by atoms with E-state index in [1.165, 1.54) is 6.92 Å². The Morgan fingerprint density at radius 1 is 0.891 bits per heavy atom. The number of carbonyl (C=O) groups excluding carboxylic acids is 4. The topological polar surface area (TPSA) is 162 Å². The van der Waals surface area contributed by atoms with Gasteiger partial charge in [-0.2, -0.15) is 0 Å². The SMILES string of the molecule is CC(C)OC(=O)OC(C)OC(=O)C[C@@H]1C[C@@H](COc2ccc(-c3ccc(C(=N)NC(=O)OCc4ccccc4)cc3)cc2)NC1=O. The molecule has 3 N–H and O–H groups in total. The highest BCUT2D eigenvalue weighted by Gasteiger charge is 2.34. The first-order valence-electron chi connectivity index (χ1n) is 14.8. The Morgan fingerprint density at radius 2 is 1.54 bits per heavy atom. The van der Waals surface area contributed by atoms with Crippen molar-refractivity contribution in [2.45, 2.75) is 58.7 Å². The molecule has 3 aromatic carbocycles. The van der Waals surface area contributed by atoms with Gasteiger partial charge in [0.25, 0.3) is 0 Å². The van der Waals surface area contributed by atoms with Crippen molar-refractivity contribution in [2.24, 2.45) is 5.92 Å². The van der Waals surface area contributed by atoms with Crippen molar-refractivity contribution < 1.29 is 42.9 Å². The van der Waals surface area contributed by atoms with Crippen LogP contribution in [-0.2, 0) is 35.1 Å². The molecule has 242 valence electrons. The van der Waals surface area contributed by atoms with Crippen LogP contribution >= 0.6 is 0 Å². The molecule has 1 saturated heterocycles. The fraction of sp³-hybridized carbons (Fsp3) is 0.324. The Balaban J connectivity index is 1.19. The second-order valence-corrected chi connectivity index (χ2v) is 10.9. The monoisotopic (exact) mass is 631 g/mol. The maximum atomic E-state index is 12.4. The molecule has 1 fully saturated rings. The van der Waals surface area contributed by atoms with Gasteiger partial charge < -0.3 is 29.0 Å². The van der Waals surface area contributed by atoms with Crippen LogP contribution in [0.15, 0.2) is 78.9 Å².